The maximum atomic E-state index is 12.6. The summed E-state index contributed by atoms with van der Waals surface area (Å²) in [5.74, 6) is 0.622. The molecule has 0 radical (unpaired) electrons. The second-order valence-electron chi connectivity index (χ2n) is 8.14. The Kier molecular flexibility index (Phi) is 6.57. The quantitative estimate of drug-likeness (QED) is 0.796. The lowest BCUT2D eigenvalue weighted by atomic mass is 10.1. The van der Waals surface area contributed by atoms with Gasteiger partial charge in [-0.25, -0.2) is 4.98 Å². The molecule has 0 spiro atoms. The molecular formula is C23H29N5O2. The summed E-state index contributed by atoms with van der Waals surface area (Å²) in [7, 11) is 0. The average Bonchev–Trinajstić information content (AvgIpc) is 2.97. The van der Waals surface area contributed by atoms with Gasteiger partial charge in [-0.05, 0) is 36.6 Å². The highest BCUT2D eigenvalue weighted by molar-refractivity contribution is 5.89. The van der Waals surface area contributed by atoms with Crippen LogP contribution in [0.3, 0.4) is 0 Å². The zero-order chi connectivity index (χ0) is 20.8. The molecule has 2 aliphatic rings. The third kappa shape index (κ3) is 5.14. The third-order valence-corrected chi connectivity index (χ3v) is 5.87. The highest BCUT2D eigenvalue weighted by Gasteiger charge is 2.34. The number of hydrogen-bond donors (Lipinski definition) is 1. The van der Waals surface area contributed by atoms with Crippen LogP contribution in [0.25, 0.3) is 0 Å². The molecule has 4 heterocycles. The second-order valence-corrected chi connectivity index (χ2v) is 8.14. The summed E-state index contributed by atoms with van der Waals surface area (Å²) in [6.45, 7) is 3.44. The topological polar surface area (TPSA) is 78.4 Å². The lowest BCUT2D eigenvalue weighted by Crippen LogP contribution is -2.32. The van der Waals surface area contributed by atoms with E-state index in [2.05, 4.69) is 20.2 Å². The molecule has 1 atom stereocenters. The molecule has 0 aromatic carbocycles. The highest BCUT2D eigenvalue weighted by Crippen LogP contribution is 2.20. The predicted molar refractivity (Wildman–Crippen MR) is 115 cm³/mol. The highest BCUT2D eigenvalue weighted by atomic mass is 16.2. The van der Waals surface area contributed by atoms with Gasteiger partial charge in [0.2, 0.25) is 11.8 Å². The Morgan fingerprint density at radius 3 is 2.60 bits per heavy atom. The Morgan fingerprint density at radius 1 is 1.07 bits per heavy atom. The van der Waals surface area contributed by atoms with Crippen molar-refractivity contribution < 1.29 is 9.59 Å². The van der Waals surface area contributed by atoms with Crippen molar-refractivity contribution in [1.29, 1.82) is 0 Å². The van der Waals surface area contributed by atoms with Crippen LogP contribution in [0, 0.1) is 5.92 Å². The molecule has 1 N–H and O–H groups in total. The molecule has 0 aliphatic carbocycles. The smallest absolute Gasteiger partial charge is 0.225 e. The molecule has 30 heavy (non-hydrogen) atoms. The van der Waals surface area contributed by atoms with E-state index >= 15 is 0 Å². The molecule has 7 nitrogen and oxygen atoms in total. The van der Waals surface area contributed by atoms with Crippen LogP contribution in [0.15, 0.2) is 42.7 Å². The number of nitrogens with one attached hydrogen (secondary N) is 1. The van der Waals surface area contributed by atoms with Crippen LogP contribution in [-0.4, -0.2) is 46.3 Å². The van der Waals surface area contributed by atoms with E-state index in [9.17, 15) is 9.59 Å². The number of carbonyl (C=O) groups is 2. The van der Waals surface area contributed by atoms with E-state index in [1.54, 1.807) is 11.1 Å². The van der Waals surface area contributed by atoms with Gasteiger partial charge < -0.3 is 15.1 Å². The monoisotopic (exact) mass is 407 g/mol. The number of amides is 2. The minimum absolute atomic E-state index is 0.00396. The van der Waals surface area contributed by atoms with Crippen LogP contribution < -0.4 is 10.2 Å². The lowest BCUT2D eigenvalue weighted by Gasteiger charge is -2.21. The minimum Gasteiger partial charge on any atom is -0.357 e. The van der Waals surface area contributed by atoms with Gasteiger partial charge in [-0.15, -0.1) is 0 Å². The van der Waals surface area contributed by atoms with Crippen LogP contribution in [0.5, 0.6) is 0 Å². The number of likely N-dealkylation sites (tertiary alicyclic amines) is 1. The molecule has 2 aromatic heterocycles. The van der Waals surface area contributed by atoms with E-state index < -0.39 is 0 Å². The molecule has 2 aromatic rings. The first kappa shape index (κ1) is 20.3. The Labute approximate surface area is 177 Å². The summed E-state index contributed by atoms with van der Waals surface area (Å²) < 4.78 is 0. The fourth-order valence-corrected chi connectivity index (χ4v) is 4.13. The molecule has 2 fully saturated rings. The van der Waals surface area contributed by atoms with Crippen LogP contribution in [0.1, 0.15) is 43.4 Å². The molecule has 158 valence electrons. The first-order chi connectivity index (χ1) is 14.7. The zero-order valence-electron chi connectivity index (χ0n) is 17.3. The van der Waals surface area contributed by atoms with Gasteiger partial charge in [0.15, 0.2) is 0 Å². The van der Waals surface area contributed by atoms with E-state index in [1.165, 1.54) is 25.7 Å². The van der Waals surface area contributed by atoms with Crippen molar-refractivity contribution in [2.75, 3.05) is 24.5 Å². The number of anilines is 1. The fourth-order valence-electron chi connectivity index (χ4n) is 4.13. The Morgan fingerprint density at radius 2 is 1.90 bits per heavy atom. The van der Waals surface area contributed by atoms with Gasteiger partial charge in [0, 0.05) is 45.0 Å². The van der Waals surface area contributed by atoms with Crippen molar-refractivity contribution in [1.82, 2.24) is 20.2 Å². The zero-order valence-corrected chi connectivity index (χ0v) is 17.3. The molecule has 2 saturated heterocycles. The van der Waals surface area contributed by atoms with Crippen molar-refractivity contribution in [3.63, 3.8) is 0 Å². The van der Waals surface area contributed by atoms with E-state index in [1.807, 2.05) is 36.5 Å². The summed E-state index contributed by atoms with van der Waals surface area (Å²) in [4.78, 5) is 37.8. The number of carbonyl (C=O) groups excluding carboxylic acids is 2. The van der Waals surface area contributed by atoms with Crippen molar-refractivity contribution in [3.8, 4) is 0 Å². The summed E-state index contributed by atoms with van der Waals surface area (Å²) in [6.07, 6.45) is 8.84. The van der Waals surface area contributed by atoms with Gasteiger partial charge in [0.25, 0.3) is 0 Å². The lowest BCUT2D eigenvalue weighted by molar-refractivity contribution is -0.129. The molecule has 0 unspecified atom stereocenters. The number of aromatic nitrogens is 2. The first-order valence-corrected chi connectivity index (χ1v) is 10.8. The molecule has 0 bridgehead atoms. The first-order valence-electron chi connectivity index (χ1n) is 10.8. The van der Waals surface area contributed by atoms with Crippen molar-refractivity contribution in [2.24, 2.45) is 5.92 Å². The van der Waals surface area contributed by atoms with Crippen molar-refractivity contribution in [3.05, 3.63) is 54.0 Å². The summed E-state index contributed by atoms with van der Waals surface area (Å²) in [5, 5.41) is 2.97. The predicted octanol–water partition coefficient (Wildman–Crippen LogP) is 2.52. The fraction of sp³-hybridized carbons (Fsp3) is 0.478. The third-order valence-electron chi connectivity index (χ3n) is 5.87. The van der Waals surface area contributed by atoms with E-state index in [4.69, 9.17) is 0 Å². The molecule has 7 heteroatoms. The Hall–Kier alpha value is -2.96. The van der Waals surface area contributed by atoms with Crippen LogP contribution in [-0.2, 0) is 22.7 Å². The summed E-state index contributed by atoms with van der Waals surface area (Å²) in [5.41, 5.74) is 1.80. The standard InChI is InChI=1S/C23H29N5O2/c29-22-13-19(16-28(22)17-20-7-3-4-10-24-20)23(30)26-15-18-8-9-21(25-14-18)27-11-5-1-2-6-12-27/h3-4,7-10,14,19H,1-2,5-6,11-13,15-17H2,(H,26,30)/t19-/m0/s1. The molecule has 2 aliphatic heterocycles. The second kappa shape index (κ2) is 9.69. The molecule has 2 amide bonds. The van der Waals surface area contributed by atoms with Crippen molar-refractivity contribution in [2.45, 2.75) is 45.2 Å². The number of pyridine rings is 2. The summed E-state index contributed by atoms with van der Waals surface area (Å²) >= 11 is 0. The van der Waals surface area contributed by atoms with E-state index in [0.29, 0.717) is 19.6 Å². The van der Waals surface area contributed by atoms with E-state index in [-0.39, 0.29) is 24.2 Å². The molecule has 4 rings (SSSR count). The maximum Gasteiger partial charge on any atom is 0.225 e. The van der Waals surface area contributed by atoms with Crippen LogP contribution >= 0.6 is 0 Å². The van der Waals surface area contributed by atoms with Gasteiger partial charge in [-0.1, -0.05) is 25.0 Å². The van der Waals surface area contributed by atoms with Gasteiger partial charge >= 0.3 is 0 Å². The number of hydrogen-bond acceptors (Lipinski definition) is 5. The number of nitrogens with zero attached hydrogens (tertiary/aromatic N) is 4. The van der Waals surface area contributed by atoms with Crippen LogP contribution in [0.2, 0.25) is 0 Å². The van der Waals surface area contributed by atoms with Gasteiger partial charge in [0.05, 0.1) is 18.2 Å². The largest absolute Gasteiger partial charge is 0.357 e. The van der Waals surface area contributed by atoms with Crippen LogP contribution in [0.4, 0.5) is 5.82 Å². The number of rotatable bonds is 6. The van der Waals surface area contributed by atoms with Crippen molar-refractivity contribution >= 4 is 17.6 Å². The molecular weight excluding hydrogens is 378 g/mol. The van der Waals surface area contributed by atoms with Gasteiger partial charge in [-0.3, -0.25) is 14.6 Å². The normalized spacial score (nSPS) is 19.6. The van der Waals surface area contributed by atoms with Gasteiger partial charge in [-0.2, -0.15) is 0 Å². The Bertz CT molecular complexity index is 848. The molecule has 0 saturated carbocycles. The maximum absolute atomic E-state index is 12.6. The van der Waals surface area contributed by atoms with Gasteiger partial charge in [0.1, 0.15) is 5.82 Å². The minimum atomic E-state index is -0.314. The SMILES string of the molecule is O=C(NCc1ccc(N2CCCCCC2)nc1)[C@H]1CC(=O)N(Cc2ccccn2)C1. The average molecular weight is 408 g/mol. The Balaban J connectivity index is 1.26. The van der Waals surface area contributed by atoms with E-state index in [0.717, 1.165) is 30.2 Å². The summed E-state index contributed by atoms with van der Waals surface area (Å²) in [6, 6.07) is 9.71.